The molecule has 3 rings (SSSR count). The number of hydrogen-bond donors (Lipinski definition) is 2. The fraction of sp³-hybridized carbons (Fsp3) is 0.364. The number of thioether (sulfide) groups is 1. The third-order valence-electron chi connectivity index (χ3n) is 5.08. The number of halogens is 1. The zero-order chi connectivity index (χ0) is 20.6. The molecule has 1 aliphatic rings. The molecule has 0 aromatic heterocycles. The van der Waals surface area contributed by atoms with Gasteiger partial charge in [0, 0.05) is 36.6 Å². The first kappa shape index (κ1) is 21.2. The van der Waals surface area contributed by atoms with E-state index in [-0.39, 0.29) is 23.7 Å². The number of nitrogens with zero attached hydrogens (tertiary/aromatic N) is 1. The standard InChI is InChI=1S/C22H26FN3O2S/c1-29-20-7-3-6-19(14-20)25-22(28)26-10-8-16(9-11-26)13-21(27)24-15-17-4-2-5-18(23)12-17/h2-7,12,14,16H,8-11,13,15H2,1H3,(H,24,27)(H,25,28). The van der Waals surface area contributed by atoms with Crippen LogP contribution in [0.4, 0.5) is 14.9 Å². The Morgan fingerprint density at radius 1 is 1.14 bits per heavy atom. The van der Waals surface area contributed by atoms with Gasteiger partial charge in [0.1, 0.15) is 5.82 Å². The van der Waals surface area contributed by atoms with Gasteiger partial charge in [-0.25, -0.2) is 9.18 Å². The highest BCUT2D eigenvalue weighted by Crippen LogP contribution is 2.23. The van der Waals surface area contributed by atoms with Crippen LogP contribution in [-0.4, -0.2) is 36.2 Å². The van der Waals surface area contributed by atoms with E-state index < -0.39 is 0 Å². The molecule has 0 spiro atoms. The molecule has 3 amide bonds. The minimum Gasteiger partial charge on any atom is -0.352 e. The van der Waals surface area contributed by atoms with E-state index in [2.05, 4.69) is 10.6 Å². The lowest BCUT2D eigenvalue weighted by Crippen LogP contribution is -2.41. The Hall–Kier alpha value is -2.54. The highest BCUT2D eigenvalue weighted by molar-refractivity contribution is 7.98. The predicted molar refractivity (Wildman–Crippen MR) is 114 cm³/mol. The monoisotopic (exact) mass is 415 g/mol. The topological polar surface area (TPSA) is 61.4 Å². The summed E-state index contributed by atoms with van der Waals surface area (Å²) in [6, 6.07) is 13.9. The maximum absolute atomic E-state index is 13.2. The van der Waals surface area contributed by atoms with Gasteiger partial charge in [0.25, 0.3) is 0 Å². The lowest BCUT2D eigenvalue weighted by atomic mass is 9.93. The van der Waals surface area contributed by atoms with Crippen molar-refractivity contribution in [1.82, 2.24) is 10.2 Å². The van der Waals surface area contributed by atoms with E-state index in [0.29, 0.717) is 26.1 Å². The maximum Gasteiger partial charge on any atom is 0.321 e. The average Bonchev–Trinajstić information content (AvgIpc) is 2.73. The SMILES string of the molecule is CSc1cccc(NC(=O)N2CCC(CC(=O)NCc3cccc(F)c3)CC2)c1. The van der Waals surface area contributed by atoms with Crippen molar-refractivity contribution in [3.8, 4) is 0 Å². The van der Waals surface area contributed by atoms with E-state index >= 15 is 0 Å². The van der Waals surface area contributed by atoms with Gasteiger partial charge < -0.3 is 15.5 Å². The molecule has 5 nitrogen and oxygen atoms in total. The Morgan fingerprint density at radius 2 is 1.90 bits per heavy atom. The van der Waals surface area contributed by atoms with E-state index in [0.717, 1.165) is 29.0 Å². The van der Waals surface area contributed by atoms with Gasteiger partial charge in [-0.1, -0.05) is 18.2 Å². The van der Waals surface area contributed by atoms with Gasteiger partial charge in [-0.2, -0.15) is 0 Å². The van der Waals surface area contributed by atoms with Crippen LogP contribution >= 0.6 is 11.8 Å². The number of carbonyl (C=O) groups is 2. The van der Waals surface area contributed by atoms with Gasteiger partial charge in [-0.05, 0) is 60.9 Å². The Morgan fingerprint density at radius 3 is 2.62 bits per heavy atom. The number of benzene rings is 2. The summed E-state index contributed by atoms with van der Waals surface area (Å²) in [6.45, 7) is 1.60. The second-order valence-electron chi connectivity index (χ2n) is 7.20. The third-order valence-corrected chi connectivity index (χ3v) is 5.80. The molecule has 2 aromatic carbocycles. The second kappa shape index (κ2) is 10.3. The number of rotatable bonds is 6. The number of hydrogen-bond acceptors (Lipinski definition) is 3. The van der Waals surface area contributed by atoms with E-state index in [4.69, 9.17) is 0 Å². The normalized spacial score (nSPS) is 14.5. The predicted octanol–water partition coefficient (Wildman–Crippen LogP) is 4.50. The van der Waals surface area contributed by atoms with Gasteiger partial charge in [0.2, 0.25) is 5.91 Å². The Bertz CT molecular complexity index is 853. The van der Waals surface area contributed by atoms with Crippen LogP contribution in [0.3, 0.4) is 0 Å². The maximum atomic E-state index is 13.2. The van der Waals surface area contributed by atoms with E-state index in [1.54, 1.807) is 28.8 Å². The summed E-state index contributed by atoms with van der Waals surface area (Å²) in [4.78, 5) is 27.6. The van der Waals surface area contributed by atoms with Gasteiger partial charge in [0.15, 0.2) is 0 Å². The summed E-state index contributed by atoms with van der Waals surface area (Å²) in [5, 5.41) is 5.80. The smallest absolute Gasteiger partial charge is 0.321 e. The highest BCUT2D eigenvalue weighted by Gasteiger charge is 2.24. The van der Waals surface area contributed by atoms with Crippen LogP contribution in [-0.2, 0) is 11.3 Å². The van der Waals surface area contributed by atoms with E-state index in [1.807, 2.05) is 30.5 Å². The number of piperidine rings is 1. The van der Waals surface area contributed by atoms with Crippen LogP contribution in [0.2, 0.25) is 0 Å². The molecule has 1 saturated heterocycles. The van der Waals surface area contributed by atoms with Crippen LogP contribution < -0.4 is 10.6 Å². The fourth-order valence-electron chi connectivity index (χ4n) is 3.43. The molecular formula is C22H26FN3O2S. The minimum atomic E-state index is -0.303. The van der Waals surface area contributed by atoms with Crippen LogP contribution in [0, 0.1) is 11.7 Å². The molecular weight excluding hydrogens is 389 g/mol. The lowest BCUT2D eigenvalue weighted by Gasteiger charge is -2.31. The number of nitrogens with one attached hydrogen (secondary N) is 2. The molecule has 1 aliphatic heterocycles. The van der Waals surface area contributed by atoms with Crippen molar-refractivity contribution in [2.24, 2.45) is 5.92 Å². The molecule has 0 saturated carbocycles. The number of likely N-dealkylation sites (tertiary alicyclic amines) is 1. The molecule has 2 aromatic rings. The van der Waals surface area contributed by atoms with Crippen molar-refractivity contribution in [3.63, 3.8) is 0 Å². The van der Waals surface area contributed by atoms with Gasteiger partial charge in [0.05, 0.1) is 0 Å². The second-order valence-corrected chi connectivity index (χ2v) is 8.08. The third kappa shape index (κ3) is 6.49. The van der Waals surface area contributed by atoms with Crippen LogP contribution in [0.5, 0.6) is 0 Å². The van der Waals surface area contributed by atoms with Crippen LogP contribution in [0.25, 0.3) is 0 Å². The summed E-state index contributed by atoms with van der Waals surface area (Å²) in [5.41, 5.74) is 1.54. The number of carbonyl (C=O) groups excluding carboxylic acids is 2. The Labute approximate surface area is 175 Å². The van der Waals surface area contributed by atoms with Gasteiger partial charge in [-0.15, -0.1) is 11.8 Å². The van der Waals surface area contributed by atoms with Crippen molar-refractivity contribution in [2.75, 3.05) is 24.7 Å². The van der Waals surface area contributed by atoms with Gasteiger partial charge in [-0.3, -0.25) is 4.79 Å². The molecule has 2 N–H and O–H groups in total. The molecule has 0 bridgehead atoms. The molecule has 7 heteroatoms. The van der Waals surface area contributed by atoms with Crippen molar-refractivity contribution >= 4 is 29.4 Å². The molecule has 0 aliphatic carbocycles. The molecule has 0 unspecified atom stereocenters. The largest absolute Gasteiger partial charge is 0.352 e. The summed E-state index contributed by atoms with van der Waals surface area (Å²) in [7, 11) is 0. The summed E-state index contributed by atoms with van der Waals surface area (Å²) in [5.74, 6) is -0.0833. The molecule has 29 heavy (non-hydrogen) atoms. The van der Waals surface area contributed by atoms with E-state index in [9.17, 15) is 14.0 Å². The first-order valence-electron chi connectivity index (χ1n) is 9.74. The number of urea groups is 1. The zero-order valence-electron chi connectivity index (χ0n) is 16.5. The number of anilines is 1. The number of amides is 3. The first-order valence-corrected chi connectivity index (χ1v) is 11.0. The van der Waals surface area contributed by atoms with Crippen molar-refractivity contribution < 1.29 is 14.0 Å². The molecule has 1 heterocycles. The fourth-order valence-corrected chi connectivity index (χ4v) is 3.88. The summed E-state index contributed by atoms with van der Waals surface area (Å²) >= 11 is 1.63. The highest BCUT2D eigenvalue weighted by atomic mass is 32.2. The molecule has 154 valence electrons. The van der Waals surface area contributed by atoms with Crippen molar-refractivity contribution in [1.29, 1.82) is 0 Å². The quantitative estimate of drug-likeness (QED) is 0.683. The molecule has 0 radical (unpaired) electrons. The lowest BCUT2D eigenvalue weighted by molar-refractivity contribution is -0.122. The zero-order valence-corrected chi connectivity index (χ0v) is 17.3. The van der Waals surface area contributed by atoms with Crippen molar-refractivity contribution in [3.05, 3.63) is 59.9 Å². The Kier molecular flexibility index (Phi) is 7.52. The minimum absolute atomic E-state index is 0.0361. The average molecular weight is 416 g/mol. The molecule has 0 atom stereocenters. The summed E-state index contributed by atoms with van der Waals surface area (Å²) in [6.07, 6.45) is 4.03. The van der Waals surface area contributed by atoms with Crippen LogP contribution in [0.15, 0.2) is 53.4 Å². The van der Waals surface area contributed by atoms with Crippen molar-refractivity contribution in [2.45, 2.75) is 30.7 Å². The van der Waals surface area contributed by atoms with Crippen LogP contribution in [0.1, 0.15) is 24.8 Å². The van der Waals surface area contributed by atoms with E-state index in [1.165, 1.54) is 12.1 Å². The summed E-state index contributed by atoms with van der Waals surface area (Å²) < 4.78 is 13.2. The Balaban J connectivity index is 1.40. The molecule has 1 fully saturated rings. The van der Waals surface area contributed by atoms with Gasteiger partial charge >= 0.3 is 6.03 Å². The first-order chi connectivity index (χ1) is 14.0.